The molecule has 35 heavy (non-hydrogen) atoms. The first-order valence-corrected chi connectivity index (χ1v) is 13.1. The highest BCUT2D eigenvalue weighted by atomic mass is 32.1. The third-order valence-corrected chi connectivity index (χ3v) is 7.45. The van der Waals surface area contributed by atoms with Gasteiger partial charge in [-0.2, -0.15) is 0 Å². The molecule has 0 aliphatic rings. The number of hydrogen-bond acceptors (Lipinski definition) is 8. The number of rotatable bonds is 15. The topological polar surface area (TPSA) is 117 Å². The summed E-state index contributed by atoms with van der Waals surface area (Å²) in [7, 11) is 1.23. The van der Waals surface area contributed by atoms with E-state index in [1.54, 1.807) is 32.1 Å². The van der Waals surface area contributed by atoms with Gasteiger partial charge in [0.05, 0.1) is 48.0 Å². The zero-order valence-corrected chi connectivity index (χ0v) is 23.0. The molecule has 0 saturated heterocycles. The summed E-state index contributed by atoms with van der Waals surface area (Å²) in [4.78, 5) is 28.8. The lowest BCUT2D eigenvalue weighted by atomic mass is 9.73. The van der Waals surface area contributed by atoms with E-state index in [-0.39, 0.29) is 18.1 Å². The molecule has 1 aromatic rings. The Morgan fingerprint density at radius 2 is 1.86 bits per heavy atom. The maximum absolute atomic E-state index is 13.0. The average molecular weight is 510 g/mol. The third-order valence-electron chi connectivity index (χ3n) is 6.66. The summed E-state index contributed by atoms with van der Waals surface area (Å²) in [6.45, 7) is 10.6. The fraction of sp³-hybridized carbons (Fsp3) is 0.667. The van der Waals surface area contributed by atoms with E-state index in [2.05, 4.69) is 9.72 Å². The van der Waals surface area contributed by atoms with Gasteiger partial charge in [-0.3, -0.25) is 9.59 Å². The van der Waals surface area contributed by atoms with Crippen LogP contribution in [0.25, 0.3) is 6.08 Å². The number of nitrogens with zero attached hydrogens (tertiary/aromatic N) is 1. The highest BCUT2D eigenvalue weighted by molar-refractivity contribution is 7.09. The normalized spacial score (nSPS) is 17.1. The summed E-state index contributed by atoms with van der Waals surface area (Å²) in [5.74, 6) is -1.64. The standard InChI is InChI=1S/C27H43NO6S/c1-17(25(32)19(3)26(33)27(5,6)23(30)15-24(31)34-7)12-10-8-9-11-13-22(29)18(2)14-21-16-35-20(4)28-21/h9,11,14,16-17,19,22-23,25,29-30,32H,8,10,12-13,15H2,1-7H3/b11-9-,18-14+/t17-,19+,22?,23-,25-/m0/s1. The second-order valence-corrected chi connectivity index (χ2v) is 11.0. The molecule has 0 fully saturated rings. The number of aromatic nitrogens is 1. The van der Waals surface area contributed by atoms with Crippen molar-refractivity contribution in [3.8, 4) is 0 Å². The Morgan fingerprint density at radius 3 is 2.43 bits per heavy atom. The molecule has 1 unspecified atom stereocenters. The van der Waals surface area contributed by atoms with E-state index in [9.17, 15) is 24.9 Å². The van der Waals surface area contributed by atoms with Gasteiger partial charge in [-0.1, -0.05) is 39.8 Å². The second kappa shape index (κ2) is 14.6. The van der Waals surface area contributed by atoms with Crippen molar-refractivity contribution >= 4 is 29.2 Å². The summed E-state index contributed by atoms with van der Waals surface area (Å²) >= 11 is 1.58. The number of methoxy groups -OCH3 is 1. The minimum absolute atomic E-state index is 0.103. The first kappa shape index (κ1) is 31.2. The number of unbranched alkanes of at least 4 members (excludes halogenated alkanes) is 1. The average Bonchev–Trinajstić information content (AvgIpc) is 3.23. The molecule has 0 saturated carbocycles. The molecule has 3 N–H and O–H groups in total. The SMILES string of the molecule is COC(=O)C[C@H](O)C(C)(C)C(=O)[C@H](C)[C@@H](O)[C@@H](C)CCC/C=C\CC(O)/C(C)=C/c1csc(C)n1. The smallest absolute Gasteiger partial charge is 0.308 e. The molecule has 8 heteroatoms. The van der Waals surface area contributed by atoms with Crippen LogP contribution in [0.2, 0.25) is 0 Å². The Bertz CT molecular complexity index is 875. The predicted octanol–water partition coefficient (Wildman–Crippen LogP) is 4.48. The van der Waals surface area contributed by atoms with E-state index < -0.39 is 35.6 Å². The summed E-state index contributed by atoms with van der Waals surface area (Å²) < 4.78 is 4.58. The van der Waals surface area contributed by atoms with Crippen molar-refractivity contribution < 1.29 is 29.6 Å². The minimum atomic E-state index is -1.18. The van der Waals surface area contributed by atoms with E-state index in [1.807, 2.05) is 44.4 Å². The lowest BCUT2D eigenvalue weighted by molar-refractivity contribution is -0.149. The van der Waals surface area contributed by atoms with Crippen molar-refractivity contribution in [3.63, 3.8) is 0 Å². The van der Waals surface area contributed by atoms with Gasteiger partial charge in [0.1, 0.15) is 5.78 Å². The number of esters is 1. The van der Waals surface area contributed by atoms with Crippen LogP contribution in [0.5, 0.6) is 0 Å². The van der Waals surface area contributed by atoms with Gasteiger partial charge < -0.3 is 20.1 Å². The molecular formula is C27H43NO6S. The molecule has 0 aliphatic heterocycles. The number of carbonyl (C=O) groups is 2. The van der Waals surface area contributed by atoms with Crippen LogP contribution in [-0.2, 0) is 14.3 Å². The Labute approximate surface area is 213 Å². The van der Waals surface area contributed by atoms with E-state index in [1.165, 1.54) is 7.11 Å². The van der Waals surface area contributed by atoms with Crippen LogP contribution in [-0.4, -0.2) is 57.5 Å². The molecule has 0 bridgehead atoms. The van der Waals surface area contributed by atoms with Gasteiger partial charge >= 0.3 is 5.97 Å². The third kappa shape index (κ3) is 9.95. The quantitative estimate of drug-likeness (QED) is 0.181. The Hall–Kier alpha value is -1.87. The lowest BCUT2D eigenvalue weighted by Gasteiger charge is -2.34. The molecule has 1 rings (SSSR count). The molecule has 0 amide bonds. The van der Waals surface area contributed by atoms with Crippen molar-refractivity contribution in [2.24, 2.45) is 17.3 Å². The van der Waals surface area contributed by atoms with Crippen molar-refractivity contribution in [2.75, 3.05) is 7.11 Å². The maximum Gasteiger partial charge on any atom is 0.308 e. The van der Waals surface area contributed by atoms with Gasteiger partial charge in [0.2, 0.25) is 0 Å². The fourth-order valence-electron chi connectivity index (χ4n) is 3.93. The van der Waals surface area contributed by atoms with Gasteiger partial charge in [-0.05, 0) is 57.1 Å². The number of carbonyl (C=O) groups excluding carboxylic acids is 2. The molecule has 198 valence electrons. The van der Waals surface area contributed by atoms with Gasteiger partial charge in [0.15, 0.2) is 0 Å². The van der Waals surface area contributed by atoms with E-state index in [4.69, 9.17) is 0 Å². The summed E-state index contributed by atoms with van der Waals surface area (Å²) in [6, 6.07) is 0. The van der Waals surface area contributed by atoms with Gasteiger partial charge in [0.25, 0.3) is 0 Å². The van der Waals surface area contributed by atoms with E-state index >= 15 is 0 Å². The zero-order chi connectivity index (χ0) is 26.8. The van der Waals surface area contributed by atoms with Crippen LogP contribution in [0.1, 0.15) is 77.4 Å². The second-order valence-electron chi connectivity index (χ2n) is 9.97. The molecule has 0 aliphatic carbocycles. The summed E-state index contributed by atoms with van der Waals surface area (Å²) in [6.07, 6.45) is 5.96. The minimum Gasteiger partial charge on any atom is -0.469 e. The van der Waals surface area contributed by atoms with Gasteiger partial charge in [-0.25, -0.2) is 4.98 Å². The highest BCUT2D eigenvalue weighted by Crippen LogP contribution is 2.31. The first-order chi connectivity index (χ1) is 16.3. The largest absolute Gasteiger partial charge is 0.469 e. The number of aryl methyl sites for hydroxylation is 1. The summed E-state index contributed by atoms with van der Waals surface area (Å²) in [5, 5.41) is 34.4. The fourth-order valence-corrected chi connectivity index (χ4v) is 4.50. The van der Waals surface area contributed by atoms with Crippen molar-refractivity contribution in [3.05, 3.63) is 33.8 Å². The molecule has 1 heterocycles. The zero-order valence-electron chi connectivity index (χ0n) is 22.2. The van der Waals surface area contributed by atoms with Crippen LogP contribution < -0.4 is 0 Å². The highest BCUT2D eigenvalue weighted by Gasteiger charge is 2.41. The van der Waals surface area contributed by atoms with Crippen LogP contribution >= 0.6 is 11.3 Å². The Morgan fingerprint density at radius 1 is 1.20 bits per heavy atom. The number of Topliss-reactive ketones (excluding diaryl/α,β-unsaturated/α-hetero) is 1. The Kier molecular flexibility index (Phi) is 13.0. The van der Waals surface area contributed by atoms with Crippen LogP contribution in [0.15, 0.2) is 23.1 Å². The number of aliphatic hydroxyl groups excluding tert-OH is 3. The molecule has 5 atom stereocenters. The van der Waals surface area contributed by atoms with Crippen molar-refractivity contribution in [1.82, 2.24) is 4.98 Å². The molecule has 0 aromatic carbocycles. The van der Waals surface area contributed by atoms with Crippen molar-refractivity contribution in [1.29, 1.82) is 0 Å². The molecule has 0 radical (unpaired) electrons. The number of ketones is 1. The summed E-state index contributed by atoms with van der Waals surface area (Å²) in [5.41, 5.74) is 0.563. The molecule has 7 nitrogen and oxygen atoms in total. The lowest BCUT2D eigenvalue weighted by Crippen LogP contribution is -2.45. The number of thiazole rings is 1. The van der Waals surface area contributed by atoms with Gasteiger partial charge in [-0.15, -0.1) is 11.3 Å². The maximum atomic E-state index is 13.0. The van der Waals surface area contributed by atoms with E-state index in [0.717, 1.165) is 35.5 Å². The number of ether oxygens (including phenoxy) is 1. The van der Waals surface area contributed by atoms with Gasteiger partial charge in [0, 0.05) is 11.3 Å². The number of aliphatic hydroxyl groups is 3. The monoisotopic (exact) mass is 509 g/mol. The Balaban J connectivity index is 2.46. The van der Waals surface area contributed by atoms with Crippen molar-refractivity contribution in [2.45, 2.75) is 92.0 Å². The first-order valence-electron chi connectivity index (χ1n) is 12.2. The number of hydrogen-bond donors (Lipinski definition) is 3. The molecule has 0 spiro atoms. The van der Waals surface area contributed by atoms with Crippen LogP contribution in [0.3, 0.4) is 0 Å². The van der Waals surface area contributed by atoms with E-state index in [0.29, 0.717) is 6.42 Å². The predicted molar refractivity (Wildman–Crippen MR) is 140 cm³/mol. The molecular weight excluding hydrogens is 466 g/mol. The number of allylic oxidation sites excluding steroid dienone is 1. The van der Waals surface area contributed by atoms with Crippen LogP contribution in [0.4, 0.5) is 0 Å². The van der Waals surface area contributed by atoms with Crippen LogP contribution in [0, 0.1) is 24.2 Å². The molecule has 1 aromatic heterocycles.